The molecule has 0 aliphatic rings. The molecule has 0 spiro atoms. The van der Waals surface area contributed by atoms with E-state index in [9.17, 15) is 5.11 Å². The molecule has 1 aromatic carbocycles. The van der Waals surface area contributed by atoms with Crippen LogP contribution >= 0.6 is 15.9 Å². The lowest BCUT2D eigenvalue weighted by atomic mass is 10.2. The van der Waals surface area contributed by atoms with Gasteiger partial charge in [-0.05, 0) is 34.1 Å². The van der Waals surface area contributed by atoms with Gasteiger partial charge in [-0.25, -0.2) is 0 Å². The molecular formula is C9H8BrNO. The summed E-state index contributed by atoms with van der Waals surface area (Å²) in [5.41, 5.74) is 1.02. The highest BCUT2D eigenvalue weighted by Crippen LogP contribution is 2.30. The van der Waals surface area contributed by atoms with Gasteiger partial charge in [0.15, 0.2) is 0 Å². The fourth-order valence-corrected chi connectivity index (χ4v) is 1.98. The van der Waals surface area contributed by atoms with Crippen molar-refractivity contribution < 1.29 is 5.11 Å². The van der Waals surface area contributed by atoms with Gasteiger partial charge in [-0.1, -0.05) is 0 Å². The van der Waals surface area contributed by atoms with Crippen LogP contribution in [0.4, 0.5) is 0 Å². The van der Waals surface area contributed by atoms with Gasteiger partial charge in [0, 0.05) is 23.1 Å². The molecule has 0 radical (unpaired) electrons. The minimum Gasteiger partial charge on any atom is -0.507 e. The van der Waals surface area contributed by atoms with Crippen LogP contribution in [0.15, 0.2) is 28.9 Å². The second-order valence-electron chi connectivity index (χ2n) is 2.76. The van der Waals surface area contributed by atoms with Crippen LogP contribution in [0, 0.1) is 0 Å². The molecule has 1 heterocycles. The predicted octanol–water partition coefficient (Wildman–Crippen LogP) is 2.65. The van der Waals surface area contributed by atoms with Gasteiger partial charge >= 0.3 is 0 Å². The van der Waals surface area contributed by atoms with Gasteiger partial charge in [0.05, 0.1) is 5.52 Å². The molecular weight excluding hydrogens is 218 g/mol. The Labute approximate surface area is 78.6 Å². The fourth-order valence-electron chi connectivity index (χ4n) is 1.35. The minimum absolute atomic E-state index is 0.328. The molecule has 1 N–H and O–H groups in total. The summed E-state index contributed by atoms with van der Waals surface area (Å²) in [7, 11) is 1.95. The van der Waals surface area contributed by atoms with Crippen molar-refractivity contribution in [1.29, 1.82) is 0 Å². The number of hydrogen-bond acceptors (Lipinski definition) is 1. The van der Waals surface area contributed by atoms with Crippen molar-refractivity contribution in [2.24, 2.45) is 7.05 Å². The maximum absolute atomic E-state index is 9.47. The average Bonchev–Trinajstić information content (AvgIpc) is 2.42. The Kier molecular flexibility index (Phi) is 1.61. The first kappa shape index (κ1) is 7.68. The Morgan fingerprint density at radius 2 is 2.08 bits per heavy atom. The molecule has 0 amide bonds. The number of benzene rings is 1. The lowest BCUT2D eigenvalue weighted by molar-refractivity contribution is 0.481. The largest absolute Gasteiger partial charge is 0.507 e. The first-order valence-corrected chi connectivity index (χ1v) is 4.42. The van der Waals surface area contributed by atoms with Gasteiger partial charge in [0.1, 0.15) is 5.75 Å². The highest BCUT2D eigenvalue weighted by atomic mass is 79.9. The van der Waals surface area contributed by atoms with Crippen molar-refractivity contribution in [1.82, 2.24) is 4.57 Å². The van der Waals surface area contributed by atoms with Crippen LogP contribution in [0.2, 0.25) is 0 Å². The Balaban J connectivity index is 2.98. The minimum atomic E-state index is 0.328. The quantitative estimate of drug-likeness (QED) is 0.733. The first-order chi connectivity index (χ1) is 5.70. The molecule has 0 atom stereocenters. The van der Waals surface area contributed by atoms with E-state index in [0.717, 1.165) is 15.4 Å². The second-order valence-corrected chi connectivity index (χ2v) is 3.61. The van der Waals surface area contributed by atoms with Crippen molar-refractivity contribution >= 4 is 26.8 Å². The lowest BCUT2D eigenvalue weighted by Gasteiger charge is -2.00. The summed E-state index contributed by atoms with van der Waals surface area (Å²) in [6.07, 6.45) is 1.93. The first-order valence-electron chi connectivity index (χ1n) is 3.62. The van der Waals surface area contributed by atoms with Gasteiger partial charge in [-0.2, -0.15) is 0 Å². The maximum Gasteiger partial charge on any atom is 0.125 e. The third kappa shape index (κ3) is 0.932. The molecule has 2 aromatic rings. The molecule has 0 fully saturated rings. The van der Waals surface area contributed by atoms with E-state index in [2.05, 4.69) is 15.9 Å². The molecule has 0 saturated carbocycles. The summed E-state index contributed by atoms with van der Waals surface area (Å²) in [5, 5.41) is 10.4. The summed E-state index contributed by atoms with van der Waals surface area (Å²) in [5.74, 6) is 0.328. The van der Waals surface area contributed by atoms with Crippen molar-refractivity contribution in [3.63, 3.8) is 0 Å². The van der Waals surface area contributed by atoms with E-state index >= 15 is 0 Å². The molecule has 0 aliphatic heterocycles. The SMILES string of the molecule is Cn1ccc2c(O)ccc(Br)c21. The molecule has 2 nitrogen and oxygen atoms in total. The molecule has 0 saturated heterocycles. The number of phenols is 1. The van der Waals surface area contributed by atoms with Crippen LogP contribution in [-0.2, 0) is 7.05 Å². The standard InChI is InChI=1S/C9H8BrNO/c1-11-5-4-6-8(12)3-2-7(10)9(6)11/h2-5,12H,1H3. The lowest BCUT2D eigenvalue weighted by Crippen LogP contribution is -1.84. The van der Waals surface area contributed by atoms with Crippen LogP contribution in [0.3, 0.4) is 0 Å². The zero-order chi connectivity index (χ0) is 8.72. The molecule has 1 aromatic heterocycles. The fraction of sp³-hybridized carbons (Fsp3) is 0.111. The van der Waals surface area contributed by atoms with Crippen molar-refractivity contribution in [3.05, 3.63) is 28.9 Å². The molecule has 2 rings (SSSR count). The molecule has 3 heteroatoms. The van der Waals surface area contributed by atoms with E-state index in [4.69, 9.17) is 0 Å². The molecule has 0 aliphatic carbocycles. The van der Waals surface area contributed by atoms with Gasteiger partial charge in [-0.15, -0.1) is 0 Å². The molecule has 12 heavy (non-hydrogen) atoms. The molecule has 0 bridgehead atoms. The predicted molar refractivity (Wildman–Crippen MR) is 52.3 cm³/mol. The van der Waals surface area contributed by atoms with E-state index in [-0.39, 0.29) is 0 Å². The number of hydrogen-bond donors (Lipinski definition) is 1. The van der Waals surface area contributed by atoms with Crippen LogP contribution < -0.4 is 0 Å². The summed E-state index contributed by atoms with van der Waals surface area (Å²) in [6, 6.07) is 5.43. The number of halogens is 1. The van der Waals surface area contributed by atoms with Crippen LogP contribution in [0.1, 0.15) is 0 Å². The molecule has 62 valence electrons. The number of aryl methyl sites for hydroxylation is 1. The number of aromatic nitrogens is 1. The monoisotopic (exact) mass is 225 g/mol. The third-order valence-electron chi connectivity index (χ3n) is 1.96. The number of nitrogens with zero attached hydrogens (tertiary/aromatic N) is 1. The normalized spacial score (nSPS) is 10.8. The summed E-state index contributed by atoms with van der Waals surface area (Å²) < 4.78 is 2.97. The second kappa shape index (κ2) is 2.52. The van der Waals surface area contributed by atoms with E-state index in [1.54, 1.807) is 6.07 Å². The third-order valence-corrected chi connectivity index (χ3v) is 2.60. The highest BCUT2D eigenvalue weighted by Gasteiger charge is 2.05. The Hall–Kier alpha value is -0.960. The number of aromatic hydroxyl groups is 1. The summed E-state index contributed by atoms with van der Waals surface area (Å²) in [6.45, 7) is 0. The maximum atomic E-state index is 9.47. The van der Waals surface area contributed by atoms with Crippen LogP contribution in [0.25, 0.3) is 10.9 Å². The van der Waals surface area contributed by atoms with E-state index in [0.29, 0.717) is 5.75 Å². The zero-order valence-electron chi connectivity index (χ0n) is 6.58. The van der Waals surface area contributed by atoms with Crippen molar-refractivity contribution in [2.45, 2.75) is 0 Å². The van der Waals surface area contributed by atoms with E-state index in [1.165, 1.54) is 0 Å². The average molecular weight is 226 g/mol. The summed E-state index contributed by atoms with van der Waals surface area (Å²) >= 11 is 3.43. The zero-order valence-corrected chi connectivity index (χ0v) is 8.17. The Morgan fingerprint density at radius 3 is 2.75 bits per heavy atom. The Morgan fingerprint density at radius 1 is 1.33 bits per heavy atom. The number of phenolic OH excluding ortho intramolecular Hbond substituents is 1. The van der Waals surface area contributed by atoms with Gasteiger partial charge < -0.3 is 9.67 Å². The van der Waals surface area contributed by atoms with Gasteiger partial charge in [-0.3, -0.25) is 0 Å². The summed E-state index contributed by atoms with van der Waals surface area (Å²) in [4.78, 5) is 0. The number of rotatable bonds is 0. The number of fused-ring (bicyclic) bond motifs is 1. The van der Waals surface area contributed by atoms with Crippen LogP contribution in [-0.4, -0.2) is 9.67 Å². The smallest absolute Gasteiger partial charge is 0.125 e. The van der Waals surface area contributed by atoms with Crippen molar-refractivity contribution in [3.8, 4) is 5.75 Å². The van der Waals surface area contributed by atoms with Gasteiger partial charge in [0.2, 0.25) is 0 Å². The topological polar surface area (TPSA) is 25.2 Å². The van der Waals surface area contributed by atoms with Crippen molar-refractivity contribution in [2.75, 3.05) is 0 Å². The van der Waals surface area contributed by atoms with E-state index < -0.39 is 0 Å². The van der Waals surface area contributed by atoms with Gasteiger partial charge in [0.25, 0.3) is 0 Å². The highest BCUT2D eigenvalue weighted by molar-refractivity contribution is 9.10. The van der Waals surface area contributed by atoms with E-state index in [1.807, 2.05) is 29.9 Å². The molecule has 0 unspecified atom stereocenters. The van der Waals surface area contributed by atoms with Crippen LogP contribution in [0.5, 0.6) is 5.75 Å². The Bertz CT molecular complexity index is 433.